The van der Waals surface area contributed by atoms with Gasteiger partial charge < -0.3 is 5.11 Å². The molecule has 2 unspecified atom stereocenters. The highest BCUT2D eigenvalue weighted by molar-refractivity contribution is 7.89. The molecule has 2 atom stereocenters. The molecule has 2 rings (SSSR count). The van der Waals surface area contributed by atoms with Crippen molar-refractivity contribution in [2.24, 2.45) is 5.92 Å². The summed E-state index contributed by atoms with van der Waals surface area (Å²) in [5.41, 5.74) is 0.381. The number of benzene rings is 1. The fourth-order valence-corrected chi connectivity index (χ4v) is 4.27. The maximum absolute atomic E-state index is 13.6. The van der Waals surface area contributed by atoms with E-state index in [4.69, 9.17) is 5.11 Å². The van der Waals surface area contributed by atoms with Gasteiger partial charge in [-0.2, -0.15) is 4.31 Å². The van der Waals surface area contributed by atoms with Crippen LogP contribution in [0.4, 0.5) is 4.39 Å². The molecule has 7 heteroatoms. The second kappa shape index (κ2) is 5.73. The Labute approximate surface area is 123 Å². The van der Waals surface area contributed by atoms with Crippen molar-refractivity contribution in [1.82, 2.24) is 4.31 Å². The molecule has 0 amide bonds. The van der Waals surface area contributed by atoms with E-state index in [2.05, 4.69) is 0 Å². The SMILES string of the molecule is Cc1ccc(S(=O)(=O)N2CCC(C(=O)O)CC2C)cc1F. The summed E-state index contributed by atoms with van der Waals surface area (Å²) in [6.45, 7) is 3.37. The van der Waals surface area contributed by atoms with Crippen LogP contribution in [-0.4, -0.2) is 36.4 Å². The highest BCUT2D eigenvalue weighted by Crippen LogP contribution is 2.29. The molecule has 0 aliphatic carbocycles. The number of hydrogen-bond acceptors (Lipinski definition) is 3. The first-order valence-corrected chi connectivity index (χ1v) is 8.18. The van der Waals surface area contributed by atoms with Gasteiger partial charge in [0.1, 0.15) is 5.82 Å². The van der Waals surface area contributed by atoms with E-state index in [1.54, 1.807) is 13.8 Å². The minimum absolute atomic E-state index is 0.0915. The summed E-state index contributed by atoms with van der Waals surface area (Å²) < 4.78 is 39.9. The van der Waals surface area contributed by atoms with E-state index < -0.39 is 33.8 Å². The van der Waals surface area contributed by atoms with Gasteiger partial charge in [0, 0.05) is 12.6 Å². The van der Waals surface area contributed by atoms with E-state index in [0.29, 0.717) is 5.56 Å². The quantitative estimate of drug-likeness (QED) is 0.926. The zero-order valence-corrected chi connectivity index (χ0v) is 12.7. The molecule has 0 spiro atoms. The summed E-state index contributed by atoms with van der Waals surface area (Å²) in [4.78, 5) is 10.9. The molecule has 0 radical (unpaired) electrons. The van der Waals surface area contributed by atoms with E-state index in [0.717, 1.165) is 6.07 Å². The van der Waals surface area contributed by atoms with Crippen LogP contribution in [0.3, 0.4) is 0 Å². The lowest BCUT2D eigenvalue weighted by Crippen LogP contribution is -2.45. The Morgan fingerprint density at radius 2 is 2.10 bits per heavy atom. The van der Waals surface area contributed by atoms with E-state index in [-0.39, 0.29) is 24.3 Å². The zero-order valence-electron chi connectivity index (χ0n) is 11.9. The second-order valence-corrected chi connectivity index (χ2v) is 7.33. The minimum atomic E-state index is -3.80. The Kier molecular flexibility index (Phi) is 4.34. The van der Waals surface area contributed by atoms with Crippen molar-refractivity contribution >= 4 is 16.0 Å². The summed E-state index contributed by atoms with van der Waals surface area (Å²) >= 11 is 0. The van der Waals surface area contributed by atoms with E-state index in [9.17, 15) is 17.6 Å². The maximum atomic E-state index is 13.6. The van der Waals surface area contributed by atoms with Crippen LogP contribution in [0.15, 0.2) is 23.1 Å². The van der Waals surface area contributed by atoms with Gasteiger partial charge in [0.05, 0.1) is 10.8 Å². The van der Waals surface area contributed by atoms with Crippen molar-refractivity contribution in [2.45, 2.75) is 37.6 Å². The van der Waals surface area contributed by atoms with Crippen LogP contribution in [0, 0.1) is 18.7 Å². The van der Waals surface area contributed by atoms with Crippen LogP contribution in [0.25, 0.3) is 0 Å². The Balaban J connectivity index is 2.28. The lowest BCUT2D eigenvalue weighted by molar-refractivity contribution is -0.143. The number of nitrogens with zero attached hydrogens (tertiary/aromatic N) is 1. The summed E-state index contributed by atoms with van der Waals surface area (Å²) in [6, 6.07) is 3.40. The topological polar surface area (TPSA) is 74.7 Å². The molecule has 1 fully saturated rings. The van der Waals surface area contributed by atoms with Crippen LogP contribution in [-0.2, 0) is 14.8 Å². The number of sulfonamides is 1. The van der Waals surface area contributed by atoms with Crippen molar-refractivity contribution in [3.63, 3.8) is 0 Å². The third kappa shape index (κ3) is 3.08. The fraction of sp³-hybridized carbons (Fsp3) is 0.500. The predicted molar refractivity (Wildman–Crippen MR) is 74.9 cm³/mol. The van der Waals surface area contributed by atoms with E-state index in [1.807, 2.05) is 0 Å². The third-order valence-electron chi connectivity index (χ3n) is 3.91. The molecule has 0 aromatic heterocycles. The molecule has 1 aromatic rings. The molecule has 1 saturated heterocycles. The Hall–Kier alpha value is -1.47. The van der Waals surface area contributed by atoms with Gasteiger partial charge in [-0.25, -0.2) is 12.8 Å². The minimum Gasteiger partial charge on any atom is -0.481 e. The monoisotopic (exact) mass is 315 g/mol. The molecule has 1 N–H and O–H groups in total. The van der Waals surface area contributed by atoms with Gasteiger partial charge in [-0.3, -0.25) is 4.79 Å². The normalized spacial score (nSPS) is 24.0. The molecule has 1 aromatic carbocycles. The molecule has 116 valence electrons. The molecule has 1 heterocycles. The zero-order chi connectivity index (χ0) is 15.8. The van der Waals surface area contributed by atoms with Gasteiger partial charge in [-0.15, -0.1) is 0 Å². The molecule has 0 saturated carbocycles. The van der Waals surface area contributed by atoms with Gasteiger partial charge in [-0.1, -0.05) is 6.07 Å². The molecular weight excluding hydrogens is 297 g/mol. The first-order chi connectivity index (χ1) is 9.73. The van der Waals surface area contributed by atoms with Gasteiger partial charge >= 0.3 is 5.97 Å². The summed E-state index contributed by atoms with van der Waals surface area (Å²) in [7, 11) is -3.80. The van der Waals surface area contributed by atoms with Gasteiger partial charge in [0.2, 0.25) is 10.0 Å². The van der Waals surface area contributed by atoms with Crippen LogP contribution >= 0.6 is 0 Å². The Bertz CT molecular complexity index is 659. The van der Waals surface area contributed by atoms with Crippen molar-refractivity contribution < 1.29 is 22.7 Å². The number of aryl methyl sites for hydroxylation is 1. The fourth-order valence-electron chi connectivity index (χ4n) is 2.60. The molecule has 21 heavy (non-hydrogen) atoms. The first-order valence-electron chi connectivity index (χ1n) is 6.74. The number of carboxylic acid groups (broad SMARTS) is 1. The largest absolute Gasteiger partial charge is 0.481 e. The predicted octanol–water partition coefficient (Wildman–Crippen LogP) is 2.01. The van der Waals surface area contributed by atoms with Crippen LogP contribution in [0.5, 0.6) is 0 Å². The Morgan fingerprint density at radius 3 is 2.62 bits per heavy atom. The lowest BCUT2D eigenvalue weighted by atomic mass is 9.93. The number of rotatable bonds is 3. The summed E-state index contributed by atoms with van der Waals surface area (Å²) in [5.74, 6) is -1.99. The summed E-state index contributed by atoms with van der Waals surface area (Å²) in [5, 5.41) is 9.01. The van der Waals surface area contributed by atoms with Crippen molar-refractivity contribution in [3.8, 4) is 0 Å². The molecule has 1 aliphatic heterocycles. The van der Waals surface area contributed by atoms with E-state index in [1.165, 1.54) is 16.4 Å². The van der Waals surface area contributed by atoms with Crippen molar-refractivity contribution in [3.05, 3.63) is 29.6 Å². The maximum Gasteiger partial charge on any atom is 0.306 e. The number of halogens is 1. The van der Waals surface area contributed by atoms with Crippen LogP contribution in [0.2, 0.25) is 0 Å². The number of carbonyl (C=O) groups is 1. The average Bonchev–Trinajstić information content (AvgIpc) is 2.41. The molecule has 5 nitrogen and oxygen atoms in total. The standard InChI is InChI=1S/C14H18FNO4S/c1-9-3-4-12(8-13(9)15)21(19,20)16-6-5-11(14(17)18)7-10(16)2/h3-4,8,10-11H,5-7H2,1-2H3,(H,17,18). The van der Waals surface area contributed by atoms with Crippen molar-refractivity contribution in [2.75, 3.05) is 6.54 Å². The smallest absolute Gasteiger partial charge is 0.306 e. The van der Waals surface area contributed by atoms with Crippen LogP contribution in [0.1, 0.15) is 25.3 Å². The van der Waals surface area contributed by atoms with Crippen LogP contribution < -0.4 is 0 Å². The first kappa shape index (κ1) is 15.9. The number of piperidine rings is 1. The molecular formula is C14H18FNO4S. The van der Waals surface area contributed by atoms with Gasteiger partial charge in [0.15, 0.2) is 0 Å². The summed E-state index contributed by atoms with van der Waals surface area (Å²) in [6.07, 6.45) is 0.538. The molecule has 1 aliphatic rings. The second-order valence-electron chi connectivity index (χ2n) is 5.44. The number of carboxylic acids is 1. The Morgan fingerprint density at radius 1 is 1.43 bits per heavy atom. The number of aliphatic carboxylic acids is 1. The third-order valence-corrected chi connectivity index (χ3v) is 5.92. The van der Waals surface area contributed by atoms with Crippen molar-refractivity contribution in [1.29, 1.82) is 0 Å². The van der Waals surface area contributed by atoms with Gasteiger partial charge in [0.25, 0.3) is 0 Å². The molecule has 0 bridgehead atoms. The van der Waals surface area contributed by atoms with Gasteiger partial charge in [-0.05, 0) is 44.4 Å². The highest BCUT2D eigenvalue weighted by Gasteiger charge is 2.36. The number of hydrogen-bond donors (Lipinski definition) is 1. The highest BCUT2D eigenvalue weighted by atomic mass is 32.2. The van der Waals surface area contributed by atoms with E-state index >= 15 is 0 Å². The average molecular weight is 315 g/mol. The lowest BCUT2D eigenvalue weighted by Gasteiger charge is -2.35.